The van der Waals surface area contributed by atoms with Crippen molar-refractivity contribution in [3.8, 4) is 0 Å². The molecule has 1 aliphatic heterocycles. The molecule has 108 valence electrons. The summed E-state index contributed by atoms with van der Waals surface area (Å²) in [4.78, 5) is 5.26. The van der Waals surface area contributed by atoms with E-state index in [0.717, 1.165) is 19.2 Å². The standard InChI is InChI=1S/C13H26N2O.C2H6/c1-16-12-11-14-7-9-15(10-8-14)13-5-3-2-4-6-13;1-2/h13H,2-12H2,1H3;1-2H3. The predicted molar refractivity (Wildman–Crippen MR) is 78.1 cm³/mol. The molecule has 1 saturated heterocycles. The summed E-state index contributed by atoms with van der Waals surface area (Å²) in [6.07, 6.45) is 7.25. The fourth-order valence-electron chi connectivity index (χ4n) is 3.02. The summed E-state index contributed by atoms with van der Waals surface area (Å²) in [5.74, 6) is 0. The van der Waals surface area contributed by atoms with E-state index in [1.165, 1.54) is 58.3 Å². The minimum absolute atomic E-state index is 0.878. The molecule has 1 saturated carbocycles. The molecule has 0 bridgehead atoms. The van der Waals surface area contributed by atoms with Crippen LogP contribution in [0.25, 0.3) is 0 Å². The predicted octanol–water partition coefficient (Wildman–Crippen LogP) is 2.61. The largest absolute Gasteiger partial charge is 0.383 e. The van der Waals surface area contributed by atoms with E-state index < -0.39 is 0 Å². The van der Waals surface area contributed by atoms with E-state index in [1.54, 1.807) is 7.11 Å². The maximum absolute atomic E-state index is 5.13. The molecule has 0 radical (unpaired) electrons. The summed E-state index contributed by atoms with van der Waals surface area (Å²) in [5, 5.41) is 0. The molecule has 2 rings (SSSR count). The first-order chi connectivity index (χ1) is 8.90. The molecule has 18 heavy (non-hydrogen) atoms. The molecule has 3 nitrogen and oxygen atoms in total. The van der Waals surface area contributed by atoms with Crippen molar-refractivity contribution in [2.24, 2.45) is 0 Å². The van der Waals surface area contributed by atoms with Crippen LogP contribution in [0, 0.1) is 0 Å². The SMILES string of the molecule is CC.COCCN1CCN(C2CCCCC2)CC1. The van der Waals surface area contributed by atoms with Crippen molar-refractivity contribution < 1.29 is 4.74 Å². The fourth-order valence-corrected chi connectivity index (χ4v) is 3.02. The zero-order valence-electron chi connectivity index (χ0n) is 12.7. The second kappa shape index (κ2) is 9.76. The van der Waals surface area contributed by atoms with Gasteiger partial charge in [0.15, 0.2) is 0 Å². The summed E-state index contributed by atoms with van der Waals surface area (Å²) < 4.78 is 5.13. The average molecular weight is 256 g/mol. The first-order valence-corrected chi connectivity index (χ1v) is 7.85. The van der Waals surface area contributed by atoms with Crippen LogP contribution in [0.2, 0.25) is 0 Å². The zero-order chi connectivity index (χ0) is 13.2. The normalized spacial score (nSPS) is 23.5. The van der Waals surface area contributed by atoms with Gasteiger partial charge in [-0.05, 0) is 12.8 Å². The van der Waals surface area contributed by atoms with Gasteiger partial charge in [0.1, 0.15) is 0 Å². The Bertz CT molecular complexity index is 185. The highest BCUT2D eigenvalue weighted by molar-refractivity contribution is 4.80. The van der Waals surface area contributed by atoms with Crippen LogP contribution >= 0.6 is 0 Å². The van der Waals surface area contributed by atoms with Gasteiger partial charge >= 0.3 is 0 Å². The van der Waals surface area contributed by atoms with Gasteiger partial charge in [-0.2, -0.15) is 0 Å². The van der Waals surface area contributed by atoms with E-state index in [4.69, 9.17) is 4.74 Å². The van der Waals surface area contributed by atoms with Gasteiger partial charge in [-0.15, -0.1) is 0 Å². The minimum Gasteiger partial charge on any atom is -0.383 e. The van der Waals surface area contributed by atoms with Gasteiger partial charge in [0.25, 0.3) is 0 Å². The van der Waals surface area contributed by atoms with Crippen LogP contribution in [-0.4, -0.2) is 62.3 Å². The van der Waals surface area contributed by atoms with Crippen molar-refractivity contribution in [2.75, 3.05) is 46.4 Å². The topological polar surface area (TPSA) is 15.7 Å². The van der Waals surface area contributed by atoms with Crippen molar-refractivity contribution >= 4 is 0 Å². The van der Waals surface area contributed by atoms with Crippen LogP contribution in [0.5, 0.6) is 0 Å². The molecule has 0 spiro atoms. The molecule has 0 aromatic heterocycles. The van der Waals surface area contributed by atoms with Crippen molar-refractivity contribution in [1.82, 2.24) is 9.80 Å². The number of piperazine rings is 1. The Kier molecular flexibility index (Phi) is 8.64. The van der Waals surface area contributed by atoms with E-state index in [-0.39, 0.29) is 0 Å². The van der Waals surface area contributed by atoms with Crippen LogP contribution in [0.15, 0.2) is 0 Å². The summed E-state index contributed by atoms with van der Waals surface area (Å²) in [6, 6.07) is 0.901. The monoisotopic (exact) mass is 256 g/mol. The lowest BCUT2D eigenvalue weighted by atomic mass is 9.94. The van der Waals surface area contributed by atoms with Crippen LogP contribution < -0.4 is 0 Å². The molecule has 2 aliphatic rings. The Labute approximate surface area is 113 Å². The quantitative estimate of drug-likeness (QED) is 0.769. The molecule has 0 amide bonds. The zero-order valence-corrected chi connectivity index (χ0v) is 12.7. The number of methoxy groups -OCH3 is 1. The smallest absolute Gasteiger partial charge is 0.0589 e. The van der Waals surface area contributed by atoms with Crippen LogP contribution in [0.4, 0.5) is 0 Å². The molecule has 1 aliphatic carbocycles. The van der Waals surface area contributed by atoms with Gasteiger partial charge in [-0.3, -0.25) is 9.80 Å². The van der Waals surface area contributed by atoms with Crippen molar-refractivity contribution in [2.45, 2.75) is 52.0 Å². The number of hydrogen-bond donors (Lipinski definition) is 0. The Morgan fingerprint density at radius 2 is 1.56 bits per heavy atom. The third-order valence-corrected chi connectivity index (χ3v) is 4.11. The van der Waals surface area contributed by atoms with Gasteiger partial charge < -0.3 is 4.74 Å². The lowest BCUT2D eigenvalue weighted by molar-refractivity contribution is 0.0630. The lowest BCUT2D eigenvalue weighted by Crippen LogP contribution is -2.51. The first-order valence-electron chi connectivity index (χ1n) is 7.85. The van der Waals surface area contributed by atoms with E-state index in [2.05, 4.69) is 9.80 Å². The van der Waals surface area contributed by atoms with E-state index >= 15 is 0 Å². The van der Waals surface area contributed by atoms with Crippen LogP contribution in [-0.2, 0) is 4.74 Å². The molecular weight excluding hydrogens is 224 g/mol. The van der Waals surface area contributed by atoms with Crippen molar-refractivity contribution in [3.05, 3.63) is 0 Å². The fraction of sp³-hybridized carbons (Fsp3) is 1.00. The van der Waals surface area contributed by atoms with E-state index in [1.807, 2.05) is 13.8 Å². The summed E-state index contributed by atoms with van der Waals surface area (Å²) >= 11 is 0. The van der Waals surface area contributed by atoms with Gasteiger partial charge in [0.2, 0.25) is 0 Å². The van der Waals surface area contributed by atoms with Crippen LogP contribution in [0.1, 0.15) is 46.0 Å². The number of hydrogen-bond acceptors (Lipinski definition) is 3. The Balaban J connectivity index is 0.000000771. The Morgan fingerprint density at radius 1 is 0.944 bits per heavy atom. The third-order valence-electron chi connectivity index (χ3n) is 4.11. The number of rotatable bonds is 4. The Hall–Kier alpha value is -0.120. The summed E-state index contributed by atoms with van der Waals surface area (Å²) in [6.45, 7) is 11.0. The molecule has 0 atom stereocenters. The number of ether oxygens (including phenoxy) is 1. The Morgan fingerprint density at radius 3 is 2.11 bits per heavy atom. The highest BCUT2D eigenvalue weighted by Crippen LogP contribution is 2.23. The van der Waals surface area contributed by atoms with Gasteiger partial charge in [0, 0.05) is 45.9 Å². The molecule has 1 heterocycles. The summed E-state index contributed by atoms with van der Waals surface area (Å²) in [7, 11) is 1.79. The maximum Gasteiger partial charge on any atom is 0.0589 e. The van der Waals surface area contributed by atoms with Gasteiger partial charge in [0.05, 0.1) is 6.61 Å². The lowest BCUT2D eigenvalue weighted by Gasteiger charge is -2.40. The number of nitrogens with zero attached hydrogens (tertiary/aromatic N) is 2. The first kappa shape index (κ1) is 15.9. The minimum atomic E-state index is 0.878. The van der Waals surface area contributed by atoms with Crippen molar-refractivity contribution in [3.63, 3.8) is 0 Å². The highest BCUT2D eigenvalue weighted by Gasteiger charge is 2.24. The molecule has 0 unspecified atom stereocenters. The maximum atomic E-state index is 5.13. The van der Waals surface area contributed by atoms with Gasteiger partial charge in [-0.25, -0.2) is 0 Å². The van der Waals surface area contributed by atoms with Gasteiger partial charge in [-0.1, -0.05) is 33.1 Å². The molecule has 2 fully saturated rings. The second-order valence-corrected chi connectivity index (χ2v) is 5.16. The molecule has 3 heteroatoms. The van der Waals surface area contributed by atoms with E-state index in [0.29, 0.717) is 0 Å². The molecule has 0 aromatic carbocycles. The molecule has 0 N–H and O–H groups in total. The molecular formula is C15H32N2O. The van der Waals surface area contributed by atoms with Crippen LogP contribution in [0.3, 0.4) is 0 Å². The average Bonchev–Trinajstić information content (AvgIpc) is 2.49. The third kappa shape index (κ3) is 5.25. The molecule has 0 aromatic rings. The summed E-state index contributed by atoms with van der Waals surface area (Å²) in [5.41, 5.74) is 0. The van der Waals surface area contributed by atoms with Crippen molar-refractivity contribution in [1.29, 1.82) is 0 Å². The second-order valence-electron chi connectivity index (χ2n) is 5.16. The highest BCUT2D eigenvalue weighted by atomic mass is 16.5. The van der Waals surface area contributed by atoms with E-state index in [9.17, 15) is 0 Å².